The monoisotopic (exact) mass is 355 g/mol. The molecule has 0 fully saturated rings. The first-order valence-electron chi connectivity index (χ1n) is 8.67. The molecule has 0 aliphatic carbocycles. The molecular weight excluding hydrogens is 330 g/mol. The predicted molar refractivity (Wildman–Crippen MR) is 100 cm³/mol. The highest BCUT2D eigenvalue weighted by molar-refractivity contribution is 5.78. The molecule has 2 aromatic rings. The minimum atomic E-state index is -0.943. The predicted octanol–water partition coefficient (Wildman–Crippen LogP) is 3.60. The summed E-state index contributed by atoms with van der Waals surface area (Å²) in [7, 11) is 1.63. The minimum absolute atomic E-state index is 0.104. The molecule has 0 heterocycles. The Morgan fingerprint density at radius 3 is 2.35 bits per heavy atom. The second-order valence-corrected chi connectivity index (χ2v) is 6.45. The molecule has 0 spiro atoms. The van der Waals surface area contributed by atoms with Crippen LogP contribution in [0, 0.1) is 5.92 Å². The van der Waals surface area contributed by atoms with Gasteiger partial charge < -0.3 is 15.2 Å². The van der Waals surface area contributed by atoms with Gasteiger partial charge in [0.1, 0.15) is 5.75 Å². The number of carbonyl (C=O) groups excluding carboxylic acids is 1. The molecule has 0 aromatic heterocycles. The maximum atomic E-state index is 12.4. The Morgan fingerprint density at radius 2 is 1.69 bits per heavy atom. The van der Waals surface area contributed by atoms with Crippen molar-refractivity contribution >= 4 is 11.9 Å². The second-order valence-electron chi connectivity index (χ2n) is 6.45. The Bertz CT molecular complexity index is 730. The number of para-hydroxylation sites is 1. The molecule has 0 aliphatic heterocycles. The molecule has 0 saturated carbocycles. The van der Waals surface area contributed by atoms with Crippen LogP contribution in [0.1, 0.15) is 36.9 Å². The van der Waals surface area contributed by atoms with Gasteiger partial charge >= 0.3 is 5.97 Å². The smallest absolute Gasteiger partial charge is 0.305 e. The third-order valence-corrected chi connectivity index (χ3v) is 4.21. The zero-order valence-electron chi connectivity index (χ0n) is 15.1. The number of aliphatic carboxylic acids is 1. The Kier molecular flexibility index (Phi) is 7.21. The Morgan fingerprint density at radius 1 is 1.04 bits per heavy atom. The van der Waals surface area contributed by atoms with Gasteiger partial charge in [-0.15, -0.1) is 0 Å². The average molecular weight is 355 g/mol. The first kappa shape index (κ1) is 19.5. The van der Waals surface area contributed by atoms with Crippen LogP contribution in [0.25, 0.3) is 0 Å². The van der Waals surface area contributed by atoms with E-state index in [4.69, 9.17) is 9.84 Å². The highest BCUT2D eigenvalue weighted by atomic mass is 16.5. The Hall–Kier alpha value is -2.82. The van der Waals surface area contributed by atoms with Crippen LogP contribution in [-0.2, 0) is 16.0 Å². The SMILES string of the molecule is COc1ccccc1CC(C)CC(=O)NC(CC(=O)O)c1ccccc1. The first-order valence-corrected chi connectivity index (χ1v) is 8.67. The van der Waals surface area contributed by atoms with Gasteiger partial charge in [-0.3, -0.25) is 9.59 Å². The van der Waals surface area contributed by atoms with Crippen molar-refractivity contribution in [3.05, 3.63) is 65.7 Å². The quantitative estimate of drug-likeness (QED) is 0.721. The van der Waals surface area contributed by atoms with E-state index in [1.54, 1.807) is 7.11 Å². The van der Waals surface area contributed by atoms with Gasteiger partial charge in [-0.25, -0.2) is 0 Å². The summed E-state index contributed by atoms with van der Waals surface area (Å²) in [5.74, 6) is -0.177. The third-order valence-electron chi connectivity index (χ3n) is 4.21. The van der Waals surface area contributed by atoms with Crippen LogP contribution >= 0.6 is 0 Å². The van der Waals surface area contributed by atoms with E-state index in [-0.39, 0.29) is 18.2 Å². The summed E-state index contributed by atoms with van der Waals surface area (Å²) in [5, 5.41) is 12.0. The van der Waals surface area contributed by atoms with E-state index in [9.17, 15) is 9.59 Å². The van der Waals surface area contributed by atoms with E-state index in [1.807, 2.05) is 61.5 Å². The van der Waals surface area contributed by atoms with Gasteiger partial charge in [0.15, 0.2) is 0 Å². The largest absolute Gasteiger partial charge is 0.496 e. The zero-order chi connectivity index (χ0) is 18.9. The lowest BCUT2D eigenvalue weighted by Gasteiger charge is -2.19. The van der Waals surface area contributed by atoms with E-state index in [1.165, 1.54) is 0 Å². The molecule has 2 unspecified atom stereocenters. The molecule has 0 bridgehead atoms. The lowest BCUT2D eigenvalue weighted by molar-refractivity contribution is -0.137. The standard InChI is InChI=1S/C21H25NO4/c1-15(12-17-10-6-7-11-19(17)26-2)13-20(23)22-18(14-21(24)25)16-8-4-3-5-9-16/h3-11,15,18H,12-14H2,1-2H3,(H,22,23)(H,24,25). The molecule has 0 radical (unpaired) electrons. The number of rotatable bonds is 9. The molecular formula is C21H25NO4. The molecule has 1 amide bonds. The van der Waals surface area contributed by atoms with Crippen LogP contribution in [0.15, 0.2) is 54.6 Å². The van der Waals surface area contributed by atoms with Gasteiger partial charge in [-0.05, 0) is 29.5 Å². The number of carbonyl (C=O) groups is 2. The highest BCUT2D eigenvalue weighted by Gasteiger charge is 2.19. The lowest BCUT2D eigenvalue weighted by atomic mass is 9.96. The molecule has 5 heteroatoms. The summed E-state index contributed by atoms with van der Waals surface area (Å²) in [6.07, 6.45) is 0.893. The topological polar surface area (TPSA) is 75.6 Å². The maximum absolute atomic E-state index is 12.4. The summed E-state index contributed by atoms with van der Waals surface area (Å²) >= 11 is 0. The lowest BCUT2D eigenvalue weighted by Crippen LogP contribution is -2.31. The van der Waals surface area contributed by atoms with E-state index in [0.717, 1.165) is 16.9 Å². The Labute approximate surface area is 154 Å². The summed E-state index contributed by atoms with van der Waals surface area (Å²) < 4.78 is 5.35. The van der Waals surface area contributed by atoms with Crippen molar-refractivity contribution in [3.8, 4) is 5.75 Å². The van der Waals surface area contributed by atoms with Crippen LogP contribution in [0.2, 0.25) is 0 Å². The second kappa shape index (κ2) is 9.61. The molecule has 2 atom stereocenters. The van der Waals surface area contributed by atoms with Gasteiger partial charge in [0.2, 0.25) is 5.91 Å². The van der Waals surface area contributed by atoms with Gasteiger partial charge in [-0.2, -0.15) is 0 Å². The number of nitrogens with one attached hydrogen (secondary N) is 1. The van der Waals surface area contributed by atoms with Crippen molar-refractivity contribution in [1.82, 2.24) is 5.32 Å². The van der Waals surface area contributed by atoms with Crippen LogP contribution < -0.4 is 10.1 Å². The highest BCUT2D eigenvalue weighted by Crippen LogP contribution is 2.23. The summed E-state index contributed by atoms with van der Waals surface area (Å²) in [4.78, 5) is 23.6. The van der Waals surface area contributed by atoms with Crippen molar-refractivity contribution in [2.75, 3.05) is 7.11 Å². The Balaban J connectivity index is 1.97. The van der Waals surface area contributed by atoms with E-state index < -0.39 is 12.0 Å². The number of amides is 1. The molecule has 138 valence electrons. The maximum Gasteiger partial charge on any atom is 0.305 e. The van der Waals surface area contributed by atoms with Crippen LogP contribution in [0.5, 0.6) is 5.75 Å². The molecule has 0 aliphatic rings. The summed E-state index contributed by atoms with van der Waals surface area (Å²) in [6, 6.07) is 16.4. The third kappa shape index (κ3) is 5.92. The number of methoxy groups -OCH3 is 1. The van der Waals surface area contributed by atoms with Gasteiger partial charge in [0.05, 0.1) is 19.6 Å². The van der Waals surface area contributed by atoms with E-state index in [0.29, 0.717) is 12.8 Å². The zero-order valence-corrected chi connectivity index (χ0v) is 15.1. The average Bonchev–Trinajstić information content (AvgIpc) is 2.61. The molecule has 26 heavy (non-hydrogen) atoms. The van der Waals surface area contributed by atoms with Crippen molar-refractivity contribution in [2.24, 2.45) is 5.92 Å². The fraction of sp³-hybridized carbons (Fsp3) is 0.333. The summed E-state index contributed by atoms with van der Waals surface area (Å²) in [5.41, 5.74) is 1.85. The van der Waals surface area contributed by atoms with Gasteiger partial charge in [-0.1, -0.05) is 55.5 Å². The van der Waals surface area contributed by atoms with Crippen molar-refractivity contribution in [2.45, 2.75) is 32.2 Å². The van der Waals surface area contributed by atoms with Crippen LogP contribution in [-0.4, -0.2) is 24.1 Å². The number of ether oxygens (including phenoxy) is 1. The summed E-state index contributed by atoms with van der Waals surface area (Å²) in [6.45, 7) is 2.00. The molecule has 5 nitrogen and oxygen atoms in total. The number of hydrogen-bond donors (Lipinski definition) is 2. The first-order chi connectivity index (χ1) is 12.5. The van der Waals surface area contributed by atoms with Crippen molar-refractivity contribution < 1.29 is 19.4 Å². The van der Waals surface area contributed by atoms with Crippen LogP contribution in [0.4, 0.5) is 0 Å². The van der Waals surface area contributed by atoms with Crippen molar-refractivity contribution in [3.63, 3.8) is 0 Å². The number of carboxylic acids is 1. The minimum Gasteiger partial charge on any atom is -0.496 e. The van der Waals surface area contributed by atoms with Gasteiger partial charge in [0.25, 0.3) is 0 Å². The van der Waals surface area contributed by atoms with E-state index in [2.05, 4.69) is 5.32 Å². The molecule has 0 saturated heterocycles. The number of benzene rings is 2. The fourth-order valence-electron chi connectivity index (χ4n) is 3.00. The van der Waals surface area contributed by atoms with E-state index >= 15 is 0 Å². The molecule has 2 rings (SSSR count). The molecule has 2 N–H and O–H groups in total. The van der Waals surface area contributed by atoms with Gasteiger partial charge in [0, 0.05) is 6.42 Å². The number of hydrogen-bond acceptors (Lipinski definition) is 3. The van der Waals surface area contributed by atoms with Crippen LogP contribution in [0.3, 0.4) is 0 Å². The van der Waals surface area contributed by atoms with Crippen molar-refractivity contribution in [1.29, 1.82) is 0 Å². The molecule has 2 aromatic carbocycles. The fourth-order valence-corrected chi connectivity index (χ4v) is 3.00. The normalized spacial score (nSPS) is 12.8. The number of carboxylic acid groups (broad SMARTS) is 1.